The van der Waals surface area contributed by atoms with Crippen LogP contribution in [-0.2, 0) is 16.2 Å². The largest absolute Gasteiger partial charge is 0.309 e. The molecule has 82 heavy (non-hydrogen) atoms. The summed E-state index contributed by atoms with van der Waals surface area (Å²) in [5, 5.41) is 4.88. The number of rotatable bonds is 9. The highest BCUT2D eigenvalue weighted by molar-refractivity contribution is 6.18. The van der Waals surface area contributed by atoms with Gasteiger partial charge in [0.2, 0.25) is 0 Å². The summed E-state index contributed by atoms with van der Waals surface area (Å²) in [6, 6.07) is 102. The van der Waals surface area contributed by atoms with Crippen LogP contribution in [0.1, 0.15) is 76.3 Å². The summed E-state index contributed by atoms with van der Waals surface area (Å²) < 4.78 is 2.43. The molecule has 0 radical (unpaired) electrons. The van der Waals surface area contributed by atoms with Crippen LogP contribution in [-0.4, -0.2) is 4.57 Å². The summed E-state index contributed by atoms with van der Waals surface area (Å²) in [5.74, 6) is 0. The minimum atomic E-state index is -0.360. The predicted octanol–water partition coefficient (Wildman–Crippen LogP) is 22.0. The van der Waals surface area contributed by atoms with Crippen molar-refractivity contribution in [1.29, 1.82) is 0 Å². The smallest absolute Gasteiger partial charge is 0.0547 e. The third-order valence-electron chi connectivity index (χ3n) is 17.6. The van der Waals surface area contributed by atoms with Crippen molar-refractivity contribution in [3.8, 4) is 61.3 Å². The van der Waals surface area contributed by atoms with Gasteiger partial charge in [-0.2, -0.15) is 0 Å². The van der Waals surface area contributed by atoms with Crippen LogP contribution in [0.5, 0.6) is 0 Å². The summed E-state index contributed by atoms with van der Waals surface area (Å²) in [6.45, 7) is 16.4. The quantitative estimate of drug-likeness (QED) is 0.140. The van der Waals surface area contributed by atoms with E-state index in [0.717, 1.165) is 39.4 Å². The fourth-order valence-electron chi connectivity index (χ4n) is 13.5. The van der Waals surface area contributed by atoms with Gasteiger partial charge in [-0.15, -0.1) is 0 Å². The Morgan fingerprint density at radius 2 is 0.780 bits per heavy atom. The molecule has 1 unspecified atom stereocenters. The van der Waals surface area contributed by atoms with Crippen LogP contribution in [0.15, 0.2) is 273 Å². The highest BCUT2D eigenvalue weighted by atomic mass is 15.2. The van der Waals surface area contributed by atoms with Crippen molar-refractivity contribution in [2.45, 2.75) is 64.7 Å². The van der Waals surface area contributed by atoms with E-state index in [1.165, 1.54) is 99.3 Å². The number of fused-ring (bicyclic) bond motifs is 7. The van der Waals surface area contributed by atoms with E-state index >= 15 is 0 Å². The lowest BCUT2D eigenvalue weighted by atomic mass is 9.74. The Bertz CT molecular complexity index is 4560. The zero-order chi connectivity index (χ0) is 55.9. The lowest BCUT2D eigenvalue weighted by Gasteiger charge is -2.32. The zero-order valence-electron chi connectivity index (χ0n) is 47.9. The lowest BCUT2D eigenvalue weighted by Crippen LogP contribution is -2.22. The van der Waals surface area contributed by atoms with Gasteiger partial charge < -0.3 is 9.47 Å². The highest BCUT2D eigenvalue weighted by Gasteiger charge is 2.42. The first-order valence-electron chi connectivity index (χ1n) is 29.0. The van der Waals surface area contributed by atoms with E-state index in [1.807, 2.05) is 0 Å². The molecule has 0 aliphatic heterocycles. The molecule has 14 rings (SSSR count). The Balaban J connectivity index is 1.07. The third-order valence-corrected chi connectivity index (χ3v) is 17.6. The minimum Gasteiger partial charge on any atom is -0.309 e. The first-order chi connectivity index (χ1) is 39.9. The highest BCUT2D eigenvalue weighted by Crippen LogP contribution is 2.57. The maximum atomic E-state index is 2.59. The lowest BCUT2D eigenvalue weighted by molar-refractivity contribution is 0.569. The van der Waals surface area contributed by atoms with E-state index in [-0.39, 0.29) is 16.2 Å². The van der Waals surface area contributed by atoms with Crippen LogP contribution in [0, 0.1) is 0 Å². The van der Waals surface area contributed by atoms with E-state index in [0.29, 0.717) is 0 Å². The van der Waals surface area contributed by atoms with E-state index in [2.05, 4.69) is 331 Å². The summed E-state index contributed by atoms with van der Waals surface area (Å²) in [5.41, 5.74) is 24.9. The van der Waals surface area contributed by atoms with Gasteiger partial charge in [0.05, 0.1) is 28.1 Å². The average Bonchev–Trinajstić information content (AvgIpc) is 2.82. The van der Waals surface area contributed by atoms with E-state index in [9.17, 15) is 0 Å². The predicted molar refractivity (Wildman–Crippen MR) is 350 cm³/mol. The van der Waals surface area contributed by atoms with Gasteiger partial charge in [-0.25, -0.2) is 0 Å². The van der Waals surface area contributed by atoms with Crippen molar-refractivity contribution in [1.82, 2.24) is 4.57 Å². The van der Waals surface area contributed by atoms with E-state index in [4.69, 9.17) is 0 Å². The number of hydrogen-bond donors (Lipinski definition) is 0. The van der Waals surface area contributed by atoms with Crippen molar-refractivity contribution in [3.63, 3.8) is 0 Å². The summed E-state index contributed by atoms with van der Waals surface area (Å²) in [7, 11) is 0. The Labute approximate surface area is 483 Å². The van der Waals surface area contributed by atoms with Gasteiger partial charge in [0.1, 0.15) is 0 Å². The molecule has 12 aromatic carbocycles. The van der Waals surface area contributed by atoms with Gasteiger partial charge in [0, 0.05) is 38.6 Å². The molecule has 1 atom stereocenters. The number of para-hydroxylation sites is 5. The second kappa shape index (κ2) is 19.6. The molecular weight excluding hydrogens is 989 g/mol. The maximum Gasteiger partial charge on any atom is 0.0547 e. The van der Waals surface area contributed by atoms with Gasteiger partial charge in [0.25, 0.3) is 0 Å². The summed E-state index contributed by atoms with van der Waals surface area (Å²) >= 11 is 0. The van der Waals surface area contributed by atoms with Crippen molar-refractivity contribution >= 4 is 49.6 Å². The Hall–Kier alpha value is -9.50. The van der Waals surface area contributed by atoms with Crippen LogP contribution in [0.3, 0.4) is 0 Å². The van der Waals surface area contributed by atoms with Crippen molar-refractivity contribution in [2.75, 3.05) is 4.90 Å². The molecule has 1 heterocycles. The standard InChI is InChI=1S/C80H66N2/c1-78(2,3)56-50-54(51-57(52-56)79(4,5)6)59-39-24-28-53-29-25-40-63(75(53)59)60-34-15-20-45-70(60)82(72-47-22-17-36-62(72)65-42-27-49-74-77(65)67-38-18-23-48-73(67)81(74)58-32-12-9-13-33-58)71-46-21-16-35-61(71)64-41-26-44-69-76(64)66-37-14-19-43-68(66)80(69,7)55-30-10-8-11-31-55/h8-52H,1-7H3. The monoisotopic (exact) mass is 1050 g/mol. The Kier molecular flexibility index (Phi) is 12.1. The van der Waals surface area contributed by atoms with Crippen LogP contribution in [0.2, 0.25) is 0 Å². The van der Waals surface area contributed by atoms with Gasteiger partial charge in [-0.05, 0) is 138 Å². The van der Waals surface area contributed by atoms with Crippen molar-refractivity contribution in [2.24, 2.45) is 0 Å². The second-order valence-corrected chi connectivity index (χ2v) is 24.5. The molecule has 396 valence electrons. The van der Waals surface area contributed by atoms with Crippen LogP contribution < -0.4 is 4.90 Å². The first-order valence-corrected chi connectivity index (χ1v) is 29.0. The molecule has 1 aromatic heterocycles. The van der Waals surface area contributed by atoms with Crippen molar-refractivity contribution in [3.05, 3.63) is 301 Å². The number of hydrogen-bond acceptors (Lipinski definition) is 1. The van der Waals surface area contributed by atoms with Gasteiger partial charge in [-0.1, -0.05) is 272 Å². The Morgan fingerprint density at radius 3 is 1.40 bits per heavy atom. The van der Waals surface area contributed by atoms with Crippen molar-refractivity contribution < 1.29 is 0 Å². The van der Waals surface area contributed by atoms with Gasteiger partial charge in [-0.3, -0.25) is 0 Å². The zero-order valence-corrected chi connectivity index (χ0v) is 47.9. The molecule has 0 fully saturated rings. The second-order valence-electron chi connectivity index (χ2n) is 24.5. The number of aromatic nitrogens is 1. The normalized spacial score (nSPS) is 14.1. The fourth-order valence-corrected chi connectivity index (χ4v) is 13.5. The molecule has 0 N–H and O–H groups in total. The molecule has 2 nitrogen and oxygen atoms in total. The molecule has 13 aromatic rings. The number of anilines is 3. The van der Waals surface area contributed by atoms with Gasteiger partial charge >= 0.3 is 0 Å². The molecule has 0 bridgehead atoms. The molecule has 2 heteroatoms. The maximum absolute atomic E-state index is 2.59. The van der Waals surface area contributed by atoms with E-state index in [1.54, 1.807) is 0 Å². The molecular formula is C80H66N2. The topological polar surface area (TPSA) is 8.17 Å². The number of nitrogens with zero attached hydrogens (tertiary/aromatic N) is 2. The molecule has 0 amide bonds. The molecule has 0 saturated carbocycles. The third kappa shape index (κ3) is 8.22. The van der Waals surface area contributed by atoms with Gasteiger partial charge in [0.15, 0.2) is 0 Å². The molecule has 1 aliphatic rings. The molecule has 0 spiro atoms. The molecule has 0 saturated heterocycles. The Morgan fingerprint density at radius 1 is 0.341 bits per heavy atom. The van der Waals surface area contributed by atoms with Crippen LogP contribution in [0.25, 0.3) is 93.9 Å². The summed E-state index contributed by atoms with van der Waals surface area (Å²) in [4.78, 5) is 2.59. The van der Waals surface area contributed by atoms with E-state index < -0.39 is 0 Å². The SMILES string of the molecule is CC(C)(C)c1cc(-c2cccc3cccc(-c4ccccc4N(c4ccccc4-c4cccc5c4-c4ccccc4C5(C)c4ccccc4)c4ccccc4-c4cccc5c4c4ccccc4n5-c4ccccc4)c23)cc(C(C)(C)C)c1. The summed E-state index contributed by atoms with van der Waals surface area (Å²) in [6.07, 6.45) is 0. The molecule has 1 aliphatic carbocycles. The average molecular weight is 1060 g/mol. The first kappa shape index (κ1) is 50.7. The van der Waals surface area contributed by atoms with Crippen LogP contribution in [0.4, 0.5) is 17.1 Å². The number of benzene rings is 12. The minimum absolute atomic E-state index is 0.0424. The fraction of sp³-hybridized carbons (Fsp3) is 0.125. The van der Waals surface area contributed by atoms with Crippen LogP contribution >= 0.6 is 0 Å².